The first-order chi connectivity index (χ1) is 26.1. The molecule has 1 saturated heterocycles. The van der Waals surface area contributed by atoms with Crippen molar-refractivity contribution < 1.29 is 43.0 Å². The van der Waals surface area contributed by atoms with Crippen molar-refractivity contribution in [1.82, 2.24) is 26.2 Å². The Morgan fingerprint density at radius 3 is 2.22 bits per heavy atom. The van der Waals surface area contributed by atoms with Crippen LogP contribution >= 0.6 is 0 Å². The van der Waals surface area contributed by atoms with Crippen LogP contribution in [0.2, 0.25) is 0 Å². The van der Waals surface area contributed by atoms with Gasteiger partial charge in [0.2, 0.25) is 23.5 Å². The van der Waals surface area contributed by atoms with E-state index >= 15 is 0 Å². The summed E-state index contributed by atoms with van der Waals surface area (Å²) in [6.07, 6.45) is 6.85. The monoisotopic (exact) mass is 767 g/mol. The molecule has 2 fully saturated rings. The maximum atomic E-state index is 14.3. The van der Waals surface area contributed by atoms with Crippen molar-refractivity contribution >= 4 is 41.5 Å². The molecule has 0 bridgehead atoms. The molecule has 1 aromatic rings. The molecular formula is C41H61N5O9. The molecule has 4 N–H and O–H groups in total. The van der Waals surface area contributed by atoms with Crippen molar-refractivity contribution in [3.05, 3.63) is 48.6 Å². The quantitative estimate of drug-likeness (QED) is 0.0961. The largest absolute Gasteiger partial charge is 0.458 e. The maximum absolute atomic E-state index is 14.3. The second kappa shape index (κ2) is 21.4. The average Bonchev–Trinajstić information content (AvgIpc) is 3.57. The number of likely N-dealkylation sites (tertiary alicyclic amines) is 1. The molecule has 4 unspecified atom stereocenters. The molecule has 0 spiro atoms. The summed E-state index contributed by atoms with van der Waals surface area (Å²) in [6.45, 7) is 14.4. The average molecular weight is 768 g/mol. The number of rotatable bonds is 18. The van der Waals surface area contributed by atoms with E-state index in [4.69, 9.17) is 9.47 Å². The number of hydrogen-bond acceptors (Lipinski definition) is 9. The number of nitrogens with zero attached hydrogens (tertiary/aromatic N) is 1. The van der Waals surface area contributed by atoms with Crippen LogP contribution in [0.5, 0.6) is 0 Å². The first-order valence-electron chi connectivity index (χ1n) is 19.6. The summed E-state index contributed by atoms with van der Waals surface area (Å²) in [7, 11) is 0. The number of carbonyl (C=O) groups excluding carboxylic acids is 7. The van der Waals surface area contributed by atoms with Crippen LogP contribution in [0.1, 0.15) is 111 Å². The Morgan fingerprint density at radius 2 is 1.62 bits per heavy atom. The van der Waals surface area contributed by atoms with Gasteiger partial charge in [-0.05, 0) is 76.2 Å². The number of Topliss-reactive ketones (excluding diaryl/α,β-unsaturated/α-hetero) is 1. The maximum Gasteiger partial charge on any atom is 0.407 e. The van der Waals surface area contributed by atoms with Gasteiger partial charge in [-0.1, -0.05) is 82.9 Å². The standard InChI is InChI=1S/C41H61N5O9/c1-8-16-29-22-23-46(38(51)32(27-18-12-10-13-19-27)45-40(53)54-25-26(3)4)34(29)36(49)43-30(17-9-2)35(48)37(50)42-24-31(47)44-33(28-20-14-11-15-21-28)39(52)55-41(5,6)7/h8,11,14-15,20-21,26-27,29-30,32-34H,1,9-10,12-13,16-19,22-25H2,2-7H3,(H,42,50)(H,43,49)(H,44,47)(H,45,53)/t29?,30?,32-,33?,34?/m0/s1. The van der Waals surface area contributed by atoms with Gasteiger partial charge in [0.05, 0.1) is 19.2 Å². The number of ketones is 1. The smallest absolute Gasteiger partial charge is 0.407 e. The predicted octanol–water partition coefficient (Wildman–Crippen LogP) is 4.28. The zero-order valence-corrected chi connectivity index (χ0v) is 33.3. The van der Waals surface area contributed by atoms with Crippen LogP contribution in [0.3, 0.4) is 0 Å². The Balaban J connectivity index is 1.73. The van der Waals surface area contributed by atoms with E-state index in [9.17, 15) is 33.6 Å². The van der Waals surface area contributed by atoms with E-state index in [1.165, 1.54) is 4.90 Å². The van der Waals surface area contributed by atoms with Crippen LogP contribution in [0.25, 0.3) is 0 Å². The summed E-state index contributed by atoms with van der Waals surface area (Å²) in [4.78, 5) is 95.3. The van der Waals surface area contributed by atoms with Gasteiger partial charge in [0.15, 0.2) is 6.04 Å². The molecule has 14 heteroatoms. The molecule has 3 rings (SSSR count). The Hall–Kier alpha value is -4.75. The van der Waals surface area contributed by atoms with Gasteiger partial charge >= 0.3 is 12.1 Å². The van der Waals surface area contributed by atoms with Crippen LogP contribution in [0, 0.1) is 17.8 Å². The first kappa shape index (κ1) is 44.6. The van der Waals surface area contributed by atoms with E-state index in [2.05, 4.69) is 27.8 Å². The van der Waals surface area contributed by atoms with Crippen LogP contribution in [0.15, 0.2) is 43.0 Å². The topological polar surface area (TPSA) is 189 Å². The van der Waals surface area contributed by atoms with E-state index < -0.39 is 71.9 Å². The van der Waals surface area contributed by atoms with Crippen LogP contribution in [0.4, 0.5) is 4.79 Å². The molecule has 14 nitrogen and oxygen atoms in total. The molecule has 1 heterocycles. The number of allylic oxidation sites excluding steroid dienone is 1. The molecule has 1 aliphatic carbocycles. The summed E-state index contributed by atoms with van der Waals surface area (Å²) < 4.78 is 10.9. The summed E-state index contributed by atoms with van der Waals surface area (Å²) >= 11 is 0. The Morgan fingerprint density at radius 1 is 0.945 bits per heavy atom. The lowest BCUT2D eigenvalue weighted by atomic mass is 9.83. The van der Waals surface area contributed by atoms with Gasteiger partial charge in [-0.2, -0.15) is 0 Å². The lowest BCUT2D eigenvalue weighted by Gasteiger charge is -2.35. The highest BCUT2D eigenvalue weighted by Gasteiger charge is 2.46. The van der Waals surface area contributed by atoms with Gasteiger partial charge in [-0.25, -0.2) is 9.59 Å². The molecule has 2 aliphatic rings. The Bertz CT molecular complexity index is 1500. The number of hydrogen-bond donors (Lipinski definition) is 4. The number of nitrogens with one attached hydrogen (secondary N) is 4. The highest BCUT2D eigenvalue weighted by atomic mass is 16.6. The molecule has 0 aromatic heterocycles. The number of benzene rings is 1. The second-order valence-electron chi connectivity index (χ2n) is 15.9. The molecule has 1 saturated carbocycles. The SMILES string of the molecule is C=CCC1CCN(C(=O)[C@@H](NC(=O)OCC(C)C)C2CCCCC2)C1C(=O)NC(CCC)C(=O)C(=O)NCC(=O)NC(C(=O)OC(C)(C)C)c1ccccc1. The number of carbonyl (C=O) groups is 7. The fraction of sp³-hybridized carbons (Fsp3) is 0.634. The minimum Gasteiger partial charge on any atom is -0.458 e. The van der Waals surface area contributed by atoms with Crippen LogP contribution < -0.4 is 21.3 Å². The minimum absolute atomic E-state index is 0.107. The normalized spacial score (nSPS) is 19.0. The third-order valence-electron chi connectivity index (χ3n) is 9.68. The lowest BCUT2D eigenvalue weighted by Crippen LogP contribution is -2.59. The molecule has 304 valence electrons. The number of amides is 5. The first-order valence-corrected chi connectivity index (χ1v) is 19.6. The summed E-state index contributed by atoms with van der Waals surface area (Å²) in [5.41, 5.74) is -0.350. The van der Waals surface area contributed by atoms with Gasteiger partial charge in [0, 0.05) is 6.54 Å². The zero-order valence-electron chi connectivity index (χ0n) is 33.3. The fourth-order valence-corrected chi connectivity index (χ4v) is 7.08. The zero-order chi connectivity index (χ0) is 40.7. The summed E-state index contributed by atoms with van der Waals surface area (Å²) in [6, 6.07) is 4.22. The second-order valence-corrected chi connectivity index (χ2v) is 15.9. The van der Waals surface area contributed by atoms with E-state index in [1.54, 1.807) is 64.1 Å². The van der Waals surface area contributed by atoms with Crippen LogP contribution in [-0.2, 0) is 38.2 Å². The number of ether oxygens (including phenoxy) is 2. The van der Waals surface area contributed by atoms with Gasteiger partial charge < -0.3 is 35.6 Å². The summed E-state index contributed by atoms with van der Waals surface area (Å²) in [5.74, 6) is -4.79. The van der Waals surface area contributed by atoms with Crippen molar-refractivity contribution in [2.45, 2.75) is 129 Å². The Kier molecular flexibility index (Phi) is 17.3. The molecule has 5 atom stereocenters. The van der Waals surface area contributed by atoms with Crippen LogP contribution in [-0.4, -0.2) is 89.8 Å². The van der Waals surface area contributed by atoms with Crippen molar-refractivity contribution in [2.75, 3.05) is 19.7 Å². The highest BCUT2D eigenvalue weighted by Crippen LogP contribution is 2.33. The molecule has 5 amide bonds. The number of esters is 1. The minimum atomic E-state index is -1.24. The predicted molar refractivity (Wildman–Crippen MR) is 206 cm³/mol. The number of alkyl carbamates (subject to hydrolysis) is 1. The van der Waals surface area contributed by atoms with Gasteiger partial charge in [-0.15, -0.1) is 6.58 Å². The van der Waals surface area contributed by atoms with Gasteiger partial charge in [-0.3, -0.25) is 24.0 Å². The summed E-state index contributed by atoms with van der Waals surface area (Å²) in [5, 5.41) is 10.4. The molecule has 1 aliphatic heterocycles. The van der Waals surface area contributed by atoms with Crippen molar-refractivity contribution in [3.63, 3.8) is 0 Å². The van der Waals surface area contributed by atoms with Gasteiger partial charge in [0.1, 0.15) is 17.7 Å². The van der Waals surface area contributed by atoms with Crippen molar-refractivity contribution in [2.24, 2.45) is 17.8 Å². The van der Waals surface area contributed by atoms with Gasteiger partial charge in [0.25, 0.3) is 5.91 Å². The Labute approximate surface area is 325 Å². The molecule has 55 heavy (non-hydrogen) atoms. The third kappa shape index (κ3) is 13.8. The molecule has 1 aromatic carbocycles. The van der Waals surface area contributed by atoms with E-state index in [0.29, 0.717) is 24.8 Å². The molecular weight excluding hydrogens is 706 g/mol. The van der Waals surface area contributed by atoms with E-state index in [0.717, 1.165) is 32.1 Å². The van der Waals surface area contributed by atoms with E-state index in [1.807, 2.05) is 13.8 Å². The van der Waals surface area contributed by atoms with E-state index in [-0.39, 0.29) is 43.2 Å². The fourth-order valence-electron chi connectivity index (χ4n) is 7.08. The van der Waals surface area contributed by atoms with Crippen molar-refractivity contribution in [3.8, 4) is 0 Å². The highest BCUT2D eigenvalue weighted by molar-refractivity contribution is 6.38. The third-order valence-corrected chi connectivity index (χ3v) is 9.68. The molecule has 0 radical (unpaired) electrons. The van der Waals surface area contributed by atoms with Crippen molar-refractivity contribution in [1.29, 1.82) is 0 Å². The lowest BCUT2D eigenvalue weighted by molar-refractivity contribution is -0.158.